The third kappa shape index (κ3) is 1.49. The first-order chi connectivity index (χ1) is 4.72. The van der Waals surface area contributed by atoms with Gasteiger partial charge in [0.25, 0.3) is 0 Å². The van der Waals surface area contributed by atoms with Crippen molar-refractivity contribution in [2.24, 2.45) is 16.9 Å². The molecule has 0 aromatic carbocycles. The number of hydrogen-bond acceptors (Lipinski definition) is 2. The summed E-state index contributed by atoms with van der Waals surface area (Å²) in [5, 5.41) is 4.06. The van der Waals surface area contributed by atoms with Crippen molar-refractivity contribution in [1.29, 1.82) is 0 Å². The fraction of sp³-hybridized carbons (Fsp3) is 0.875. The molecule has 1 rings (SSSR count). The van der Waals surface area contributed by atoms with Gasteiger partial charge in [-0.2, -0.15) is 5.10 Å². The zero-order valence-corrected chi connectivity index (χ0v) is 6.96. The van der Waals surface area contributed by atoms with Crippen LogP contribution in [0, 0.1) is 11.8 Å². The highest BCUT2D eigenvalue weighted by Gasteiger charge is 2.21. The molecule has 0 saturated carbocycles. The summed E-state index contributed by atoms with van der Waals surface area (Å²) < 4.78 is 0. The van der Waals surface area contributed by atoms with Crippen LogP contribution >= 0.6 is 0 Å². The Morgan fingerprint density at radius 2 is 2.30 bits per heavy atom. The molecule has 0 saturated heterocycles. The molecule has 0 fully saturated rings. The molecular weight excluding hydrogens is 124 g/mol. The van der Waals surface area contributed by atoms with E-state index in [-0.39, 0.29) is 0 Å². The lowest BCUT2D eigenvalue weighted by Crippen LogP contribution is -2.39. The fourth-order valence-electron chi connectivity index (χ4n) is 1.44. The zero-order chi connectivity index (χ0) is 7.56. The molecule has 1 N–H and O–H groups in total. The van der Waals surface area contributed by atoms with Gasteiger partial charge in [0, 0.05) is 12.3 Å². The van der Waals surface area contributed by atoms with Crippen molar-refractivity contribution in [3.63, 3.8) is 0 Å². The van der Waals surface area contributed by atoms with Gasteiger partial charge in [0.05, 0.1) is 0 Å². The molecule has 0 aromatic heterocycles. The van der Waals surface area contributed by atoms with Gasteiger partial charge < -0.3 is 5.43 Å². The van der Waals surface area contributed by atoms with Gasteiger partial charge in [-0.05, 0) is 18.3 Å². The van der Waals surface area contributed by atoms with E-state index in [1.54, 1.807) is 0 Å². The van der Waals surface area contributed by atoms with E-state index >= 15 is 0 Å². The normalized spacial score (nSPS) is 32.4. The fourth-order valence-corrected chi connectivity index (χ4v) is 1.44. The largest absolute Gasteiger partial charge is 0.307 e. The molecule has 1 aliphatic heterocycles. The maximum atomic E-state index is 4.06. The lowest BCUT2D eigenvalue weighted by molar-refractivity contribution is 0.298. The highest BCUT2D eigenvalue weighted by Crippen LogP contribution is 2.17. The van der Waals surface area contributed by atoms with Crippen molar-refractivity contribution in [3.8, 4) is 0 Å². The van der Waals surface area contributed by atoms with E-state index in [9.17, 15) is 0 Å². The zero-order valence-electron chi connectivity index (χ0n) is 6.96. The Hall–Kier alpha value is -0.530. The highest BCUT2D eigenvalue weighted by molar-refractivity contribution is 5.58. The van der Waals surface area contributed by atoms with E-state index in [1.807, 2.05) is 6.21 Å². The first-order valence-corrected chi connectivity index (χ1v) is 3.99. The monoisotopic (exact) mass is 140 g/mol. The van der Waals surface area contributed by atoms with Gasteiger partial charge in [0.1, 0.15) is 0 Å². The van der Waals surface area contributed by atoms with Crippen molar-refractivity contribution < 1.29 is 0 Å². The Balaban J connectivity index is 2.51. The Morgan fingerprint density at radius 1 is 1.60 bits per heavy atom. The summed E-state index contributed by atoms with van der Waals surface area (Å²) in [6, 6.07) is 0.574. The molecule has 1 heterocycles. The number of nitrogens with zero attached hydrogens (tertiary/aromatic N) is 1. The van der Waals surface area contributed by atoms with E-state index in [4.69, 9.17) is 0 Å². The van der Waals surface area contributed by atoms with Crippen molar-refractivity contribution in [2.75, 3.05) is 0 Å². The molecule has 0 bridgehead atoms. The topological polar surface area (TPSA) is 24.4 Å². The van der Waals surface area contributed by atoms with E-state index < -0.39 is 0 Å². The molecule has 0 amide bonds. The summed E-state index contributed by atoms with van der Waals surface area (Å²) in [6.07, 6.45) is 3.08. The molecule has 0 spiro atoms. The maximum absolute atomic E-state index is 4.06. The Bertz CT molecular complexity index is 129. The standard InChI is InChI=1S/C8H16N2/c1-6(2)8-7(3)4-5-9-10-8/h5-8,10H,4H2,1-3H3. The maximum Gasteiger partial charge on any atom is 0.0491 e. The van der Waals surface area contributed by atoms with E-state index in [1.165, 1.54) is 0 Å². The summed E-state index contributed by atoms with van der Waals surface area (Å²) in [7, 11) is 0. The summed E-state index contributed by atoms with van der Waals surface area (Å²) >= 11 is 0. The molecule has 2 heteroatoms. The van der Waals surface area contributed by atoms with Crippen LogP contribution < -0.4 is 5.43 Å². The summed E-state index contributed by atoms with van der Waals surface area (Å²) in [6.45, 7) is 6.73. The molecule has 0 aliphatic carbocycles. The molecule has 2 nitrogen and oxygen atoms in total. The number of hydrogen-bond donors (Lipinski definition) is 1. The molecular formula is C8H16N2. The number of nitrogens with one attached hydrogen (secondary N) is 1. The van der Waals surface area contributed by atoms with Crippen LogP contribution in [0.25, 0.3) is 0 Å². The Kier molecular flexibility index (Phi) is 2.30. The van der Waals surface area contributed by atoms with Crippen LogP contribution in [0.5, 0.6) is 0 Å². The summed E-state index contributed by atoms with van der Waals surface area (Å²) in [5.41, 5.74) is 3.14. The minimum Gasteiger partial charge on any atom is -0.307 e. The number of rotatable bonds is 1. The predicted molar refractivity (Wildman–Crippen MR) is 44.0 cm³/mol. The van der Waals surface area contributed by atoms with Crippen LogP contribution in [0.1, 0.15) is 27.2 Å². The first kappa shape index (κ1) is 7.58. The quantitative estimate of drug-likeness (QED) is 0.588. The smallest absolute Gasteiger partial charge is 0.0491 e. The lowest BCUT2D eigenvalue weighted by atomic mass is 9.90. The third-order valence-corrected chi connectivity index (χ3v) is 2.12. The third-order valence-electron chi connectivity index (χ3n) is 2.12. The van der Waals surface area contributed by atoms with Crippen LogP contribution in [0.4, 0.5) is 0 Å². The van der Waals surface area contributed by atoms with Crippen molar-refractivity contribution in [1.82, 2.24) is 5.43 Å². The van der Waals surface area contributed by atoms with Crippen molar-refractivity contribution >= 4 is 6.21 Å². The number of hydrazone groups is 1. The second kappa shape index (κ2) is 3.04. The summed E-state index contributed by atoms with van der Waals surface area (Å²) in [5.74, 6) is 1.42. The summed E-state index contributed by atoms with van der Waals surface area (Å²) in [4.78, 5) is 0. The van der Waals surface area contributed by atoms with E-state index in [0.29, 0.717) is 12.0 Å². The Labute approximate surface area is 62.7 Å². The van der Waals surface area contributed by atoms with Crippen LogP contribution in [0.2, 0.25) is 0 Å². The van der Waals surface area contributed by atoms with Gasteiger partial charge in [0.15, 0.2) is 0 Å². The second-order valence-corrected chi connectivity index (χ2v) is 3.42. The Morgan fingerprint density at radius 3 is 2.70 bits per heavy atom. The van der Waals surface area contributed by atoms with E-state index in [2.05, 4.69) is 31.3 Å². The van der Waals surface area contributed by atoms with Gasteiger partial charge >= 0.3 is 0 Å². The lowest BCUT2D eigenvalue weighted by Gasteiger charge is -2.28. The van der Waals surface area contributed by atoms with Crippen molar-refractivity contribution in [2.45, 2.75) is 33.2 Å². The van der Waals surface area contributed by atoms with Crippen LogP contribution in [0.3, 0.4) is 0 Å². The van der Waals surface area contributed by atoms with Gasteiger partial charge in [-0.3, -0.25) is 0 Å². The minimum absolute atomic E-state index is 0.574. The molecule has 10 heavy (non-hydrogen) atoms. The first-order valence-electron chi connectivity index (χ1n) is 3.99. The average Bonchev–Trinajstić information content (AvgIpc) is 1.88. The highest BCUT2D eigenvalue weighted by atomic mass is 15.3. The van der Waals surface area contributed by atoms with Crippen LogP contribution in [-0.2, 0) is 0 Å². The van der Waals surface area contributed by atoms with Gasteiger partial charge in [-0.15, -0.1) is 0 Å². The van der Waals surface area contributed by atoms with Gasteiger partial charge in [-0.25, -0.2) is 0 Å². The second-order valence-electron chi connectivity index (χ2n) is 3.42. The molecule has 2 atom stereocenters. The molecule has 0 radical (unpaired) electrons. The molecule has 58 valence electrons. The van der Waals surface area contributed by atoms with Crippen molar-refractivity contribution in [3.05, 3.63) is 0 Å². The predicted octanol–water partition coefficient (Wildman–Crippen LogP) is 1.63. The molecule has 1 aliphatic rings. The van der Waals surface area contributed by atoms with Gasteiger partial charge in [-0.1, -0.05) is 20.8 Å². The molecule has 0 aromatic rings. The minimum atomic E-state index is 0.574. The molecule has 2 unspecified atom stereocenters. The van der Waals surface area contributed by atoms with Gasteiger partial charge in [0.2, 0.25) is 0 Å². The SMILES string of the molecule is CC(C)C1NN=CCC1C. The van der Waals surface area contributed by atoms with E-state index in [0.717, 1.165) is 12.3 Å². The van der Waals surface area contributed by atoms with Crippen LogP contribution in [0.15, 0.2) is 5.10 Å². The van der Waals surface area contributed by atoms with Crippen LogP contribution in [-0.4, -0.2) is 12.3 Å². The average molecular weight is 140 g/mol.